The fourth-order valence-electron chi connectivity index (χ4n) is 1.61. The number of halogens is 1. The number of thiophene rings is 1. The highest BCUT2D eigenvalue weighted by Crippen LogP contribution is 2.24. The minimum absolute atomic E-state index is 0.877. The Morgan fingerprint density at radius 3 is 2.93 bits per heavy atom. The van der Waals surface area contributed by atoms with E-state index in [2.05, 4.69) is 45.3 Å². The van der Waals surface area contributed by atoms with Crippen LogP contribution in [0.4, 0.5) is 0 Å². The van der Waals surface area contributed by atoms with Crippen molar-refractivity contribution in [1.29, 1.82) is 0 Å². The predicted octanol–water partition coefficient (Wildman–Crippen LogP) is 2.69. The van der Waals surface area contributed by atoms with E-state index in [4.69, 9.17) is 0 Å². The van der Waals surface area contributed by atoms with Crippen molar-refractivity contribution in [3.8, 4) is 0 Å². The fraction of sp³-hybridized carbons (Fsp3) is 0.636. The van der Waals surface area contributed by atoms with Gasteiger partial charge >= 0.3 is 0 Å². The van der Waals surface area contributed by atoms with Gasteiger partial charge in [-0.05, 0) is 48.0 Å². The summed E-state index contributed by atoms with van der Waals surface area (Å²) in [5.74, 6) is 0. The van der Waals surface area contributed by atoms with Gasteiger partial charge in [-0.1, -0.05) is 0 Å². The molecule has 0 radical (unpaired) electrons. The van der Waals surface area contributed by atoms with E-state index >= 15 is 0 Å². The molecular weight excluding hydrogens is 272 g/mol. The Morgan fingerprint density at radius 2 is 2.33 bits per heavy atom. The van der Waals surface area contributed by atoms with E-state index in [-0.39, 0.29) is 0 Å². The molecule has 2 nitrogen and oxygen atoms in total. The van der Waals surface area contributed by atoms with Crippen LogP contribution in [-0.2, 0) is 6.54 Å². The van der Waals surface area contributed by atoms with Gasteiger partial charge in [0.25, 0.3) is 0 Å². The smallest absolute Gasteiger partial charge is 0.0701 e. The monoisotopic (exact) mass is 288 g/mol. The molecule has 0 bridgehead atoms. The first kappa shape index (κ1) is 11.6. The first-order valence-corrected chi connectivity index (χ1v) is 7.02. The third-order valence-corrected chi connectivity index (χ3v) is 4.36. The average molecular weight is 289 g/mol. The van der Waals surface area contributed by atoms with Crippen LogP contribution in [0, 0.1) is 0 Å². The fourth-order valence-corrected chi connectivity index (χ4v) is 3.06. The van der Waals surface area contributed by atoms with Crippen molar-refractivity contribution in [2.24, 2.45) is 0 Å². The van der Waals surface area contributed by atoms with Crippen molar-refractivity contribution in [3.63, 3.8) is 0 Å². The standard InChI is InChI=1S/C11H17BrN2S/c1-14(9-2-3-9)7-6-13-8-10-4-5-11(12)15-10/h4-5,9,13H,2-3,6-8H2,1H3. The van der Waals surface area contributed by atoms with E-state index in [0.717, 1.165) is 25.7 Å². The molecule has 1 N–H and O–H groups in total. The molecule has 0 unspecified atom stereocenters. The molecule has 1 fully saturated rings. The highest BCUT2D eigenvalue weighted by atomic mass is 79.9. The molecule has 0 aromatic carbocycles. The van der Waals surface area contributed by atoms with Crippen LogP contribution in [0.1, 0.15) is 17.7 Å². The predicted molar refractivity (Wildman–Crippen MR) is 69.4 cm³/mol. The lowest BCUT2D eigenvalue weighted by atomic mass is 10.4. The normalized spacial score (nSPS) is 16.2. The van der Waals surface area contributed by atoms with Gasteiger partial charge in [-0.2, -0.15) is 0 Å². The zero-order valence-electron chi connectivity index (χ0n) is 9.00. The van der Waals surface area contributed by atoms with Crippen molar-refractivity contribution in [3.05, 3.63) is 20.8 Å². The van der Waals surface area contributed by atoms with Crippen molar-refractivity contribution >= 4 is 27.3 Å². The highest BCUT2D eigenvalue weighted by Gasteiger charge is 2.25. The Balaban J connectivity index is 1.58. The molecule has 0 amide bonds. The minimum Gasteiger partial charge on any atom is -0.311 e. The van der Waals surface area contributed by atoms with Crippen molar-refractivity contribution in [2.75, 3.05) is 20.1 Å². The Hall–Kier alpha value is 0.1000. The van der Waals surface area contributed by atoms with Crippen LogP contribution in [0.5, 0.6) is 0 Å². The summed E-state index contributed by atoms with van der Waals surface area (Å²) in [5, 5.41) is 3.48. The SMILES string of the molecule is CN(CCNCc1ccc(Br)s1)C1CC1. The number of nitrogens with one attached hydrogen (secondary N) is 1. The molecule has 0 saturated heterocycles. The summed E-state index contributed by atoms with van der Waals surface area (Å²) in [5.41, 5.74) is 0. The first-order valence-electron chi connectivity index (χ1n) is 5.41. The Bertz CT molecular complexity index is 309. The number of nitrogens with zero attached hydrogens (tertiary/aromatic N) is 1. The lowest BCUT2D eigenvalue weighted by molar-refractivity contribution is 0.322. The van der Waals surface area contributed by atoms with Crippen LogP contribution in [-0.4, -0.2) is 31.1 Å². The largest absolute Gasteiger partial charge is 0.311 e. The van der Waals surface area contributed by atoms with Gasteiger partial charge in [-0.3, -0.25) is 0 Å². The molecule has 1 saturated carbocycles. The number of hydrogen-bond donors (Lipinski definition) is 1. The van der Waals surface area contributed by atoms with Crippen molar-refractivity contribution in [1.82, 2.24) is 10.2 Å². The second kappa shape index (κ2) is 5.43. The molecule has 1 heterocycles. The van der Waals surface area contributed by atoms with Gasteiger partial charge in [-0.15, -0.1) is 11.3 Å². The molecule has 84 valence electrons. The molecule has 15 heavy (non-hydrogen) atoms. The summed E-state index contributed by atoms with van der Waals surface area (Å²) in [7, 11) is 2.22. The Labute approximate surface area is 104 Å². The lowest BCUT2D eigenvalue weighted by Gasteiger charge is -2.15. The second-order valence-corrected chi connectivity index (χ2v) is 6.64. The molecule has 1 aromatic rings. The second-order valence-electron chi connectivity index (χ2n) is 4.09. The Kier molecular flexibility index (Phi) is 4.20. The average Bonchev–Trinajstić information content (AvgIpc) is 2.98. The summed E-state index contributed by atoms with van der Waals surface area (Å²) in [6, 6.07) is 5.16. The summed E-state index contributed by atoms with van der Waals surface area (Å²) < 4.78 is 1.22. The third-order valence-electron chi connectivity index (χ3n) is 2.74. The van der Waals surface area contributed by atoms with E-state index in [1.807, 2.05) is 0 Å². The molecule has 1 aromatic heterocycles. The van der Waals surface area contributed by atoms with Gasteiger partial charge in [0.15, 0.2) is 0 Å². The maximum Gasteiger partial charge on any atom is 0.0701 e. The van der Waals surface area contributed by atoms with Crippen LogP contribution in [0.25, 0.3) is 0 Å². The summed E-state index contributed by atoms with van der Waals surface area (Å²) in [6.07, 6.45) is 2.79. The van der Waals surface area contributed by atoms with Crippen molar-refractivity contribution in [2.45, 2.75) is 25.4 Å². The lowest BCUT2D eigenvalue weighted by Crippen LogP contribution is -2.30. The maximum atomic E-state index is 3.48. The van der Waals surface area contributed by atoms with E-state index in [0.29, 0.717) is 0 Å². The van der Waals surface area contributed by atoms with Gasteiger partial charge in [0.2, 0.25) is 0 Å². The van der Waals surface area contributed by atoms with E-state index < -0.39 is 0 Å². The number of likely N-dealkylation sites (N-methyl/N-ethyl adjacent to an activating group) is 1. The highest BCUT2D eigenvalue weighted by molar-refractivity contribution is 9.11. The van der Waals surface area contributed by atoms with Crippen LogP contribution in [0.3, 0.4) is 0 Å². The van der Waals surface area contributed by atoms with Gasteiger partial charge < -0.3 is 10.2 Å². The van der Waals surface area contributed by atoms with Gasteiger partial charge in [0, 0.05) is 30.6 Å². The first-order chi connectivity index (χ1) is 7.25. The van der Waals surface area contributed by atoms with Crippen LogP contribution >= 0.6 is 27.3 Å². The molecule has 2 rings (SSSR count). The molecule has 4 heteroatoms. The van der Waals surface area contributed by atoms with E-state index in [1.54, 1.807) is 11.3 Å². The van der Waals surface area contributed by atoms with Gasteiger partial charge in [0.1, 0.15) is 0 Å². The van der Waals surface area contributed by atoms with Gasteiger partial charge in [-0.25, -0.2) is 0 Å². The minimum atomic E-state index is 0.877. The topological polar surface area (TPSA) is 15.3 Å². The maximum absolute atomic E-state index is 3.48. The molecule has 1 aliphatic rings. The molecular formula is C11H17BrN2S. The van der Waals surface area contributed by atoms with Gasteiger partial charge in [0.05, 0.1) is 3.79 Å². The number of rotatable bonds is 6. The van der Waals surface area contributed by atoms with E-state index in [9.17, 15) is 0 Å². The third kappa shape index (κ3) is 3.87. The van der Waals surface area contributed by atoms with E-state index in [1.165, 1.54) is 21.5 Å². The Morgan fingerprint density at radius 1 is 1.53 bits per heavy atom. The molecule has 1 aliphatic carbocycles. The summed E-state index contributed by atoms with van der Waals surface area (Å²) >= 11 is 5.28. The zero-order chi connectivity index (χ0) is 10.7. The van der Waals surface area contributed by atoms with Crippen molar-refractivity contribution < 1.29 is 0 Å². The summed E-state index contributed by atoms with van der Waals surface area (Å²) in [6.45, 7) is 3.24. The molecule has 0 aliphatic heterocycles. The molecule has 0 spiro atoms. The zero-order valence-corrected chi connectivity index (χ0v) is 11.4. The molecule has 0 atom stereocenters. The van der Waals surface area contributed by atoms with Crippen LogP contribution < -0.4 is 5.32 Å². The van der Waals surface area contributed by atoms with Crippen LogP contribution in [0.2, 0.25) is 0 Å². The quantitative estimate of drug-likeness (QED) is 0.810. The van der Waals surface area contributed by atoms with Crippen LogP contribution in [0.15, 0.2) is 15.9 Å². The number of hydrogen-bond acceptors (Lipinski definition) is 3. The summed E-state index contributed by atoms with van der Waals surface area (Å²) in [4.78, 5) is 3.85.